The molecule has 1 aromatic rings. The molecular weight excluding hydrogens is 438 g/mol. The van der Waals surface area contributed by atoms with Crippen molar-refractivity contribution >= 4 is 17.6 Å². The Morgan fingerprint density at radius 2 is 1.44 bits per heavy atom. The van der Waals surface area contributed by atoms with Crippen molar-refractivity contribution < 1.29 is 28.5 Å². The molecular formula is C25H39N3O6. The molecule has 2 fully saturated rings. The van der Waals surface area contributed by atoms with Crippen molar-refractivity contribution in [2.24, 2.45) is 5.92 Å². The number of carbonyl (C=O) groups is 2. The summed E-state index contributed by atoms with van der Waals surface area (Å²) in [7, 11) is 0. The van der Waals surface area contributed by atoms with Gasteiger partial charge in [-0.25, -0.2) is 9.59 Å². The zero-order chi connectivity index (χ0) is 24.2. The Hall–Kier alpha value is -2.52. The van der Waals surface area contributed by atoms with Gasteiger partial charge in [-0.05, 0) is 58.7 Å². The zero-order valence-electron chi connectivity index (χ0n) is 20.6. The molecule has 2 aliphatic heterocycles. The van der Waals surface area contributed by atoms with E-state index in [1.54, 1.807) is 19.9 Å². The molecule has 2 saturated heterocycles. The largest absolute Gasteiger partial charge is 0.482 e. The standard InChI is InChI=1S/C25H39N3O6/c1-3-31-24(29)18-33-22-15-21(16-23(17-22)34-19-25(30)32-4-2)28-13-11-27(12-14-28)10-7-20-5-8-26-9-6-20/h15-17,20,26H,3-14,18-19H2,1-2H3. The Morgan fingerprint density at radius 3 is 1.97 bits per heavy atom. The summed E-state index contributed by atoms with van der Waals surface area (Å²) in [5.41, 5.74) is 0.943. The van der Waals surface area contributed by atoms with Crippen LogP contribution >= 0.6 is 0 Å². The van der Waals surface area contributed by atoms with Gasteiger partial charge in [0, 0.05) is 50.1 Å². The van der Waals surface area contributed by atoms with Crippen LogP contribution in [0.2, 0.25) is 0 Å². The molecule has 0 aromatic heterocycles. The Morgan fingerprint density at radius 1 is 0.882 bits per heavy atom. The molecule has 2 aliphatic rings. The van der Waals surface area contributed by atoms with Gasteiger partial charge in [0.25, 0.3) is 0 Å². The minimum Gasteiger partial charge on any atom is -0.482 e. The highest BCUT2D eigenvalue weighted by Gasteiger charge is 2.21. The monoisotopic (exact) mass is 477 g/mol. The molecule has 2 heterocycles. The lowest BCUT2D eigenvalue weighted by Crippen LogP contribution is -2.47. The maximum Gasteiger partial charge on any atom is 0.344 e. The summed E-state index contributed by atoms with van der Waals surface area (Å²) in [5, 5.41) is 3.44. The van der Waals surface area contributed by atoms with Crippen LogP contribution in [0.4, 0.5) is 5.69 Å². The predicted octanol–water partition coefficient (Wildman–Crippen LogP) is 2.08. The van der Waals surface area contributed by atoms with Gasteiger partial charge >= 0.3 is 11.9 Å². The average molecular weight is 478 g/mol. The van der Waals surface area contributed by atoms with Crippen LogP contribution in [0.15, 0.2) is 18.2 Å². The van der Waals surface area contributed by atoms with E-state index in [2.05, 4.69) is 15.1 Å². The number of rotatable bonds is 12. The highest BCUT2D eigenvalue weighted by molar-refractivity contribution is 5.72. The number of hydrogen-bond acceptors (Lipinski definition) is 9. The third kappa shape index (κ3) is 8.68. The predicted molar refractivity (Wildman–Crippen MR) is 130 cm³/mol. The van der Waals surface area contributed by atoms with Crippen LogP contribution in [0, 0.1) is 5.92 Å². The second-order valence-corrected chi connectivity index (χ2v) is 8.66. The fourth-order valence-corrected chi connectivity index (χ4v) is 4.36. The molecule has 0 radical (unpaired) electrons. The van der Waals surface area contributed by atoms with E-state index in [0.717, 1.165) is 57.4 Å². The topological polar surface area (TPSA) is 89.6 Å². The molecule has 0 aliphatic carbocycles. The van der Waals surface area contributed by atoms with Gasteiger partial charge in [-0.2, -0.15) is 0 Å². The van der Waals surface area contributed by atoms with Gasteiger partial charge < -0.3 is 29.2 Å². The lowest BCUT2D eigenvalue weighted by Gasteiger charge is -2.37. The Balaban J connectivity index is 1.58. The first-order chi connectivity index (χ1) is 16.6. The normalized spacial score (nSPS) is 17.3. The van der Waals surface area contributed by atoms with Crippen LogP contribution in [0.25, 0.3) is 0 Å². The SMILES string of the molecule is CCOC(=O)COc1cc(OCC(=O)OCC)cc(N2CCN(CCC3CCNCC3)CC2)c1. The van der Waals surface area contributed by atoms with Crippen molar-refractivity contribution in [1.29, 1.82) is 0 Å². The fourth-order valence-electron chi connectivity index (χ4n) is 4.36. The van der Waals surface area contributed by atoms with E-state index < -0.39 is 11.9 Å². The molecule has 1 N–H and O–H groups in total. The van der Waals surface area contributed by atoms with Crippen molar-refractivity contribution in [3.8, 4) is 11.5 Å². The van der Waals surface area contributed by atoms with Crippen LogP contribution in [-0.2, 0) is 19.1 Å². The maximum absolute atomic E-state index is 11.7. The fraction of sp³-hybridized carbons (Fsp3) is 0.680. The molecule has 9 heteroatoms. The number of benzene rings is 1. The van der Waals surface area contributed by atoms with Crippen LogP contribution in [0.5, 0.6) is 11.5 Å². The average Bonchev–Trinajstić information content (AvgIpc) is 2.86. The molecule has 3 rings (SSSR count). The molecule has 0 saturated carbocycles. The second-order valence-electron chi connectivity index (χ2n) is 8.66. The Bertz CT molecular complexity index is 736. The summed E-state index contributed by atoms with van der Waals surface area (Å²) < 4.78 is 21.2. The molecule has 34 heavy (non-hydrogen) atoms. The highest BCUT2D eigenvalue weighted by atomic mass is 16.6. The molecule has 0 amide bonds. The summed E-state index contributed by atoms with van der Waals surface area (Å²) in [6.45, 7) is 11.0. The first-order valence-corrected chi connectivity index (χ1v) is 12.5. The smallest absolute Gasteiger partial charge is 0.344 e. The van der Waals surface area contributed by atoms with Crippen molar-refractivity contribution in [2.45, 2.75) is 33.1 Å². The van der Waals surface area contributed by atoms with Gasteiger partial charge in [0.2, 0.25) is 0 Å². The molecule has 1 aromatic carbocycles. The maximum atomic E-state index is 11.7. The Kier molecular flexibility index (Phi) is 10.8. The molecule has 0 bridgehead atoms. The van der Waals surface area contributed by atoms with Crippen molar-refractivity contribution in [2.75, 3.05) is 77.1 Å². The van der Waals surface area contributed by atoms with Gasteiger partial charge in [-0.15, -0.1) is 0 Å². The van der Waals surface area contributed by atoms with Crippen LogP contribution in [0.1, 0.15) is 33.1 Å². The van der Waals surface area contributed by atoms with E-state index >= 15 is 0 Å². The molecule has 190 valence electrons. The minimum atomic E-state index is -0.427. The van der Waals surface area contributed by atoms with E-state index in [0.29, 0.717) is 24.7 Å². The number of nitrogens with zero attached hydrogens (tertiary/aromatic N) is 2. The van der Waals surface area contributed by atoms with E-state index in [1.807, 2.05) is 12.1 Å². The number of hydrogen-bond donors (Lipinski definition) is 1. The number of carbonyl (C=O) groups excluding carboxylic acids is 2. The van der Waals surface area contributed by atoms with Crippen LogP contribution in [-0.4, -0.2) is 89.1 Å². The number of ether oxygens (including phenoxy) is 4. The lowest BCUT2D eigenvalue weighted by atomic mass is 9.94. The third-order valence-corrected chi connectivity index (χ3v) is 6.24. The quantitative estimate of drug-likeness (QED) is 0.455. The third-order valence-electron chi connectivity index (χ3n) is 6.24. The molecule has 0 spiro atoms. The number of anilines is 1. The summed E-state index contributed by atoms with van der Waals surface area (Å²) in [6, 6.07) is 5.49. The van der Waals surface area contributed by atoms with Crippen molar-refractivity contribution in [1.82, 2.24) is 10.2 Å². The summed E-state index contributed by atoms with van der Waals surface area (Å²) in [4.78, 5) is 28.3. The van der Waals surface area contributed by atoms with Gasteiger partial charge in [0.05, 0.1) is 13.2 Å². The minimum absolute atomic E-state index is 0.181. The molecule has 0 unspecified atom stereocenters. The van der Waals surface area contributed by atoms with Gasteiger partial charge in [0.15, 0.2) is 13.2 Å². The lowest BCUT2D eigenvalue weighted by molar-refractivity contribution is -0.146. The van der Waals surface area contributed by atoms with E-state index in [4.69, 9.17) is 18.9 Å². The first kappa shape index (κ1) is 26.1. The van der Waals surface area contributed by atoms with E-state index in [1.165, 1.54) is 19.3 Å². The molecule has 9 nitrogen and oxygen atoms in total. The van der Waals surface area contributed by atoms with Gasteiger partial charge in [0.1, 0.15) is 11.5 Å². The first-order valence-electron chi connectivity index (χ1n) is 12.5. The van der Waals surface area contributed by atoms with Crippen molar-refractivity contribution in [3.05, 3.63) is 18.2 Å². The van der Waals surface area contributed by atoms with Crippen LogP contribution < -0.4 is 19.7 Å². The number of piperidine rings is 1. The number of esters is 2. The van der Waals surface area contributed by atoms with E-state index in [-0.39, 0.29) is 13.2 Å². The van der Waals surface area contributed by atoms with Gasteiger partial charge in [-0.1, -0.05) is 0 Å². The second kappa shape index (κ2) is 14.0. The van der Waals surface area contributed by atoms with E-state index in [9.17, 15) is 9.59 Å². The number of nitrogens with one attached hydrogen (secondary N) is 1. The summed E-state index contributed by atoms with van der Waals surface area (Å²) in [6.07, 6.45) is 3.84. The summed E-state index contributed by atoms with van der Waals surface area (Å²) >= 11 is 0. The van der Waals surface area contributed by atoms with Gasteiger partial charge in [-0.3, -0.25) is 4.90 Å². The van der Waals surface area contributed by atoms with Crippen molar-refractivity contribution in [3.63, 3.8) is 0 Å². The summed E-state index contributed by atoms with van der Waals surface area (Å²) in [5.74, 6) is 0.982. The Labute approximate surface area is 202 Å². The number of piperazine rings is 1. The molecule has 0 atom stereocenters. The zero-order valence-corrected chi connectivity index (χ0v) is 20.6. The van der Waals surface area contributed by atoms with Crippen LogP contribution in [0.3, 0.4) is 0 Å². The highest BCUT2D eigenvalue weighted by Crippen LogP contribution is 2.30.